The van der Waals surface area contributed by atoms with Gasteiger partial charge in [-0.3, -0.25) is 0 Å². The van der Waals surface area contributed by atoms with Crippen LogP contribution in [0.1, 0.15) is 63.0 Å². The highest BCUT2D eigenvalue weighted by atomic mass is 16.7. The smallest absolute Gasteiger partial charge is 0.449 e. The molecule has 1 fully saturated rings. The summed E-state index contributed by atoms with van der Waals surface area (Å²) in [6.45, 7) is 2.01. The Labute approximate surface area is 106 Å². The number of nitrogens with zero attached hydrogens (tertiary/aromatic N) is 1. The molecule has 1 N–H and O–H groups in total. The molecule has 18 heavy (non-hydrogen) atoms. The molecule has 100 valence electrons. The van der Waals surface area contributed by atoms with Crippen molar-refractivity contribution in [1.82, 2.24) is 4.98 Å². The number of carboxylic acid groups (broad SMARTS) is 1. The molecule has 0 saturated heterocycles. The van der Waals surface area contributed by atoms with Gasteiger partial charge in [-0.1, -0.05) is 32.6 Å². The Balaban J connectivity index is 2.17. The first-order valence-electron chi connectivity index (χ1n) is 6.61. The lowest BCUT2D eigenvalue weighted by Gasteiger charge is -2.17. The van der Waals surface area contributed by atoms with Gasteiger partial charge in [-0.05, 0) is 19.3 Å². The molecule has 0 atom stereocenters. The van der Waals surface area contributed by atoms with Crippen molar-refractivity contribution in [3.63, 3.8) is 0 Å². The summed E-state index contributed by atoms with van der Waals surface area (Å²) >= 11 is 0. The van der Waals surface area contributed by atoms with Crippen LogP contribution >= 0.6 is 0 Å². The maximum Gasteiger partial charge on any atom is 0.513 e. The Bertz CT molecular complexity index is 407. The number of carbonyl (C=O) groups is 1. The van der Waals surface area contributed by atoms with E-state index in [0.717, 1.165) is 19.3 Å². The monoisotopic (exact) mass is 253 g/mol. The van der Waals surface area contributed by atoms with Crippen molar-refractivity contribution in [2.45, 2.75) is 57.8 Å². The fourth-order valence-corrected chi connectivity index (χ4v) is 2.43. The average molecular weight is 253 g/mol. The third kappa shape index (κ3) is 3.03. The van der Waals surface area contributed by atoms with Crippen molar-refractivity contribution in [2.24, 2.45) is 0 Å². The highest BCUT2D eigenvalue weighted by molar-refractivity contribution is 5.60. The molecule has 1 aliphatic rings. The van der Waals surface area contributed by atoms with Gasteiger partial charge >= 0.3 is 12.1 Å². The van der Waals surface area contributed by atoms with Crippen molar-refractivity contribution in [3.8, 4) is 5.95 Å². The molecule has 1 saturated carbocycles. The average Bonchev–Trinajstić information content (AvgIpc) is 2.73. The highest BCUT2D eigenvalue weighted by Crippen LogP contribution is 2.35. The van der Waals surface area contributed by atoms with Crippen LogP contribution in [0.5, 0.6) is 5.95 Å². The molecule has 0 amide bonds. The van der Waals surface area contributed by atoms with Crippen LogP contribution in [-0.2, 0) is 6.42 Å². The van der Waals surface area contributed by atoms with Gasteiger partial charge in [0.2, 0.25) is 5.89 Å². The molecule has 5 nitrogen and oxygen atoms in total. The summed E-state index contributed by atoms with van der Waals surface area (Å²) in [5.41, 5.74) is 0.625. The zero-order chi connectivity index (χ0) is 13.0. The third-order valence-corrected chi connectivity index (χ3v) is 3.30. The lowest BCUT2D eigenvalue weighted by atomic mass is 9.89. The van der Waals surface area contributed by atoms with Crippen molar-refractivity contribution >= 4 is 6.16 Å². The molecule has 1 aromatic rings. The second-order valence-corrected chi connectivity index (χ2v) is 4.74. The maximum absolute atomic E-state index is 10.6. The van der Waals surface area contributed by atoms with E-state index in [1.807, 2.05) is 6.92 Å². The van der Waals surface area contributed by atoms with Crippen LogP contribution in [0.25, 0.3) is 0 Å². The molecule has 1 heterocycles. The molecule has 1 aromatic heterocycles. The van der Waals surface area contributed by atoms with Gasteiger partial charge < -0.3 is 14.3 Å². The van der Waals surface area contributed by atoms with Gasteiger partial charge in [-0.2, -0.15) is 0 Å². The van der Waals surface area contributed by atoms with Crippen LogP contribution in [0, 0.1) is 0 Å². The first-order chi connectivity index (χ1) is 8.70. The minimum atomic E-state index is -1.35. The van der Waals surface area contributed by atoms with Gasteiger partial charge in [0.25, 0.3) is 0 Å². The Morgan fingerprint density at radius 3 is 2.78 bits per heavy atom. The lowest BCUT2D eigenvalue weighted by molar-refractivity contribution is 0.130. The fourth-order valence-electron chi connectivity index (χ4n) is 2.43. The molecule has 5 heteroatoms. The summed E-state index contributed by atoms with van der Waals surface area (Å²) in [5, 5.41) is 8.67. The van der Waals surface area contributed by atoms with Gasteiger partial charge in [-0.15, -0.1) is 0 Å². The van der Waals surface area contributed by atoms with Gasteiger partial charge in [0.1, 0.15) is 5.69 Å². The zero-order valence-corrected chi connectivity index (χ0v) is 10.6. The van der Waals surface area contributed by atoms with E-state index >= 15 is 0 Å². The second kappa shape index (κ2) is 5.89. The van der Waals surface area contributed by atoms with E-state index in [0.29, 0.717) is 23.9 Å². The SMILES string of the molecule is CCCc1nc(C2CCCCC2)oc1OC(=O)O. The lowest BCUT2D eigenvalue weighted by Crippen LogP contribution is -2.04. The number of ether oxygens (including phenoxy) is 1. The predicted octanol–water partition coefficient (Wildman–Crippen LogP) is 3.73. The van der Waals surface area contributed by atoms with Gasteiger partial charge in [0.05, 0.1) is 0 Å². The first kappa shape index (κ1) is 12.9. The van der Waals surface area contributed by atoms with Crippen LogP contribution in [0.15, 0.2) is 4.42 Å². The quantitative estimate of drug-likeness (QED) is 0.827. The first-order valence-corrected chi connectivity index (χ1v) is 6.61. The van der Waals surface area contributed by atoms with E-state index < -0.39 is 6.16 Å². The van der Waals surface area contributed by atoms with E-state index in [-0.39, 0.29) is 5.95 Å². The molecule has 0 spiro atoms. The largest absolute Gasteiger partial charge is 0.513 e. The molecule has 0 aromatic carbocycles. The maximum atomic E-state index is 10.6. The molecule has 0 unspecified atom stereocenters. The molecule has 0 aliphatic heterocycles. The standard InChI is InChI=1S/C13H19NO4/c1-2-6-10-12(18-13(15)16)17-11(14-10)9-7-4-3-5-8-9/h9H,2-8H2,1H3,(H,15,16). The summed E-state index contributed by atoms with van der Waals surface area (Å²) in [7, 11) is 0. The van der Waals surface area contributed by atoms with E-state index in [4.69, 9.17) is 9.52 Å². The van der Waals surface area contributed by atoms with E-state index in [1.54, 1.807) is 0 Å². The summed E-state index contributed by atoms with van der Waals surface area (Å²) in [6, 6.07) is 0. The number of aryl methyl sites for hydroxylation is 1. The van der Waals surface area contributed by atoms with Gasteiger partial charge in [0.15, 0.2) is 0 Å². The molecular formula is C13H19NO4. The Kier molecular flexibility index (Phi) is 4.23. The molecule has 1 aliphatic carbocycles. The molecule has 0 radical (unpaired) electrons. The zero-order valence-electron chi connectivity index (χ0n) is 10.6. The summed E-state index contributed by atoms with van der Waals surface area (Å²) in [5.74, 6) is 1.03. The Hall–Kier alpha value is -1.52. The van der Waals surface area contributed by atoms with Crippen LogP contribution in [0.2, 0.25) is 0 Å². The summed E-state index contributed by atoms with van der Waals surface area (Å²) < 4.78 is 10.2. The van der Waals surface area contributed by atoms with Crippen molar-refractivity contribution in [2.75, 3.05) is 0 Å². The fraction of sp³-hybridized carbons (Fsp3) is 0.692. The minimum absolute atomic E-state index is 0.0601. The van der Waals surface area contributed by atoms with Gasteiger partial charge in [-0.25, -0.2) is 9.78 Å². The summed E-state index contributed by atoms with van der Waals surface area (Å²) in [4.78, 5) is 15.0. The van der Waals surface area contributed by atoms with Gasteiger partial charge in [0, 0.05) is 5.92 Å². The molecule has 0 bridgehead atoms. The van der Waals surface area contributed by atoms with E-state index in [1.165, 1.54) is 19.3 Å². The highest BCUT2D eigenvalue weighted by Gasteiger charge is 2.24. The number of rotatable bonds is 4. The van der Waals surface area contributed by atoms with Crippen molar-refractivity contribution in [3.05, 3.63) is 11.6 Å². The Morgan fingerprint density at radius 1 is 1.44 bits per heavy atom. The number of oxazole rings is 1. The normalized spacial score (nSPS) is 16.7. The second-order valence-electron chi connectivity index (χ2n) is 4.74. The van der Waals surface area contributed by atoms with E-state index in [2.05, 4.69) is 9.72 Å². The van der Waals surface area contributed by atoms with Crippen molar-refractivity contribution in [1.29, 1.82) is 0 Å². The number of hydrogen-bond acceptors (Lipinski definition) is 4. The summed E-state index contributed by atoms with van der Waals surface area (Å²) in [6.07, 6.45) is 5.98. The third-order valence-electron chi connectivity index (χ3n) is 3.30. The molecule has 2 rings (SSSR count). The number of hydrogen-bond donors (Lipinski definition) is 1. The predicted molar refractivity (Wildman–Crippen MR) is 65.0 cm³/mol. The van der Waals surface area contributed by atoms with E-state index in [9.17, 15) is 4.79 Å². The van der Waals surface area contributed by atoms with Crippen LogP contribution in [0.3, 0.4) is 0 Å². The minimum Gasteiger partial charge on any atom is -0.449 e. The molecular weight excluding hydrogens is 234 g/mol. The van der Waals surface area contributed by atoms with Crippen molar-refractivity contribution < 1.29 is 19.1 Å². The van der Waals surface area contributed by atoms with Crippen LogP contribution in [0.4, 0.5) is 4.79 Å². The van der Waals surface area contributed by atoms with Crippen LogP contribution < -0.4 is 4.74 Å². The number of aromatic nitrogens is 1. The topological polar surface area (TPSA) is 72.6 Å². The Morgan fingerprint density at radius 2 is 2.17 bits per heavy atom. The van der Waals surface area contributed by atoms with Crippen LogP contribution in [-0.4, -0.2) is 16.2 Å².